The zero-order valence-electron chi connectivity index (χ0n) is 10.1. The van der Waals surface area contributed by atoms with Crippen molar-refractivity contribution in [2.75, 3.05) is 20.2 Å². The maximum atomic E-state index is 13.3. The number of benzene rings is 1. The Hall–Kier alpha value is -1.72. The predicted octanol–water partition coefficient (Wildman–Crippen LogP) is 1.35. The lowest BCUT2D eigenvalue weighted by Crippen LogP contribution is -2.21. The van der Waals surface area contributed by atoms with Crippen LogP contribution in [-0.4, -0.2) is 41.3 Å². The van der Waals surface area contributed by atoms with Gasteiger partial charge in [0, 0.05) is 19.2 Å². The minimum atomic E-state index is -1.07. The number of carboxylic acids is 1. The molecule has 0 saturated carbocycles. The van der Waals surface area contributed by atoms with Crippen molar-refractivity contribution in [2.24, 2.45) is 0 Å². The first-order valence-electron chi connectivity index (χ1n) is 5.51. The zero-order valence-corrected chi connectivity index (χ0v) is 10.1. The summed E-state index contributed by atoms with van der Waals surface area (Å²) in [6, 6.07) is 4.39. The second kappa shape index (κ2) is 6.88. The highest BCUT2D eigenvalue weighted by atomic mass is 19.1. The molecule has 1 aromatic carbocycles. The Morgan fingerprint density at radius 3 is 2.78 bits per heavy atom. The fraction of sp³-hybridized carbons (Fsp3) is 0.308. The average molecular weight is 253 g/mol. The third-order valence-electron chi connectivity index (χ3n) is 2.33. The first kappa shape index (κ1) is 14.3. The van der Waals surface area contributed by atoms with Crippen molar-refractivity contribution in [3.63, 3.8) is 0 Å². The Kier molecular flexibility index (Phi) is 5.48. The number of likely N-dealkylation sites (N-methyl/N-ethyl adjacent to an activating group) is 1. The molecule has 0 aliphatic heterocycles. The van der Waals surface area contributed by atoms with E-state index in [1.807, 2.05) is 11.9 Å². The van der Waals surface area contributed by atoms with Crippen LogP contribution < -0.4 is 0 Å². The number of aliphatic carboxylic acids is 1. The zero-order chi connectivity index (χ0) is 13.5. The van der Waals surface area contributed by atoms with E-state index in [0.717, 1.165) is 11.6 Å². The van der Waals surface area contributed by atoms with Gasteiger partial charge in [0.25, 0.3) is 0 Å². The Bertz CT molecular complexity index is 446. The molecule has 0 atom stereocenters. The van der Waals surface area contributed by atoms with E-state index >= 15 is 0 Å². The second-order valence-electron chi connectivity index (χ2n) is 4.03. The molecule has 1 rings (SSSR count). The number of nitrogens with zero attached hydrogens (tertiary/aromatic N) is 1. The van der Waals surface area contributed by atoms with Crippen molar-refractivity contribution in [1.29, 1.82) is 0 Å². The largest absolute Gasteiger partial charge is 0.478 e. The van der Waals surface area contributed by atoms with Crippen molar-refractivity contribution in [2.45, 2.75) is 6.54 Å². The number of rotatable bonds is 6. The smallest absolute Gasteiger partial charge is 0.328 e. The quantitative estimate of drug-likeness (QED) is 0.751. The van der Waals surface area contributed by atoms with Gasteiger partial charge in [0.05, 0.1) is 6.61 Å². The Morgan fingerprint density at radius 2 is 2.17 bits per heavy atom. The molecule has 0 aliphatic rings. The second-order valence-corrected chi connectivity index (χ2v) is 4.03. The van der Waals surface area contributed by atoms with Crippen LogP contribution in [0.15, 0.2) is 24.3 Å². The summed E-state index contributed by atoms with van der Waals surface area (Å²) in [7, 11) is 1.81. The number of hydrogen-bond donors (Lipinski definition) is 2. The molecule has 0 spiro atoms. The van der Waals surface area contributed by atoms with E-state index in [1.165, 1.54) is 18.2 Å². The molecule has 0 saturated heterocycles. The molecule has 0 fully saturated rings. The van der Waals surface area contributed by atoms with E-state index in [-0.39, 0.29) is 6.61 Å². The normalized spacial score (nSPS) is 11.3. The van der Waals surface area contributed by atoms with Gasteiger partial charge in [-0.25, -0.2) is 9.18 Å². The van der Waals surface area contributed by atoms with Crippen LogP contribution in [0.1, 0.15) is 11.1 Å². The number of aliphatic hydroxyl groups is 1. The molecular weight excluding hydrogens is 237 g/mol. The lowest BCUT2D eigenvalue weighted by atomic mass is 10.1. The van der Waals surface area contributed by atoms with Gasteiger partial charge in [0.1, 0.15) is 5.82 Å². The molecule has 0 unspecified atom stereocenters. The summed E-state index contributed by atoms with van der Waals surface area (Å²) in [6.07, 6.45) is 2.32. The van der Waals surface area contributed by atoms with E-state index in [4.69, 9.17) is 10.2 Å². The van der Waals surface area contributed by atoms with Gasteiger partial charge in [0.2, 0.25) is 0 Å². The molecule has 0 bridgehead atoms. The number of aliphatic hydroxyl groups excluding tert-OH is 1. The average Bonchev–Trinajstić information content (AvgIpc) is 2.25. The van der Waals surface area contributed by atoms with Gasteiger partial charge in [-0.2, -0.15) is 0 Å². The molecule has 0 aromatic heterocycles. The molecule has 0 amide bonds. The van der Waals surface area contributed by atoms with Crippen molar-refractivity contribution in [3.05, 3.63) is 41.2 Å². The van der Waals surface area contributed by atoms with E-state index in [1.54, 1.807) is 6.07 Å². The SMILES string of the molecule is CN(CCO)Cc1cc(F)cc(C=CC(=O)O)c1. The Balaban J connectivity index is 2.83. The fourth-order valence-corrected chi connectivity index (χ4v) is 1.59. The highest BCUT2D eigenvalue weighted by molar-refractivity contribution is 5.85. The first-order chi connectivity index (χ1) is 8.51. The van der Waals surface area contributed by atoms with Gasteiger partial charge < -0.3 is 10.2 Å². The van der Waals surface area contributed by atoms with Crippen LogP contribution in [0.4, 0.5) is 4.39 Å². The highest BCUT2D eigenvalue weighted by Crippen LogP contribution is 2.12. The molecule has 0 aliphatic carbocycles. The van der Waals surface area contributed by atoms with Crippen molar-refractivity contribution in [1.82, 2.24) is 4.90 Å². The lowest BCUT2D eigenvalue weighted by Gasteiger charge is -2.15. The van der Waals surface area contributed by atoms with Gasteiger partial charge in [-0.15, -0.1) is 0 Å². The van der Waals surface area contributed by atoms with Crippen molar-refractivity contribution < 1.29 is 19.4 Å². The number of hydrogen-bond acceptors (Lipinski definition) is 3. The molecule has 4 nitrogen and oxygen atoms in total. The summed E-state index contributed by atoms with van der Waals surface area (Å²) in [5.41, 5.74) is 1.24. The van der Waals surface area contributed by atoms with Gasteiger partial charge in [-0.05, 0) is 36.4 Å². The van der Waals surface area contributed by atoms with Crippen LogP contribution in [0.3, 0.4) is 0 Å². The van der Waals surface area contributed by atoms with E-state index in [9.17, 15) is 9.18 Å². The maximum absolute atomic E-state index is 13.3. The van der Waals surface area contributed by atoms with Crippen molar-refractivity contribution in [3.8, 4) is 0 Å². The summed E-state index contributed by atoms with van der Waals surface area (Å²) in [5.74, 6) is -1.48. The molecule has 18 heavy (non-hydrogen) atoms. The Morgan fingerprint density at radius 1 is 1.44 bits per heavy atom. The molecule has 0 heterocycles. The van der Waals surface area contributed by atoms with Crippen LogP contribution in [0.2, 0.25) is 0 Å². The van der Waals surface area contributed by atoms with Crippen LogP contribution in [0, 0.1) is 5.82 Å². The monoisotopic (exact) mass is 253 g/mol. The number of halogens is 1. The lowest BCUT2D eigenvalue weighted by molar-refractivity contribution is -0.131. The summed E-state index contributed by atoms with van der Waals surface area (Å²) in [6.45, 7) is 1.03. The van der Waals surface area contributed by atoms with E-state index in [2.05, 4.69) is 0 Å². The minimum absolute atomic E-state index is 0.0393. The molecule has 98 valence electrons. The third kappa shape index (κ3) is 5.07. The predicted molar refractivity (Wildman–Crippen MR) is 66.5 cm³/mol. The van der Waals surface area contributed by atoms with Crippen LogP contribution in [-0.2, 0) is 11.3 Å². The maximum Gasteiger partial charge on any atom is 0.328 e. The molecular formula is C13H16FNO3. The third-order valence-corrected chi connectivity index (χ3v) is 2.33. The highest BCUT2D eigenvalue weighted by Gasteiger charge is 2.03. The van der Waals surface area contributed by atoms with Crippen LogP contribution in [0.5, 0.6) is 0 Å². The molecule has 5 heteroatoms. The molecule has 1 aromatic rings. The van der Waals surface area contributed by atoms with Gasteiger partial charge in [0.15, 0.2) is 0 Å². The number of carbonyl (C=O) groups is 1. The molecule has 0 radical (unpaired) electrons. The summed E-state index contributed by atoms with van der Waals surface area (Å²) in [4.78, 5) is 12.2. The summed E-state index contributed by atoms with van der Waals surface area (Å²) >= 11 is 0. The fourth-order valence-electron chi connectivity index (χ4n) is 1.59. The van der Waals surface area contributed by atoms with Gasteiger partial charge in [-0.1, -0.05) is 6.07 Å². The van der Waals surface area contributed by atoms with E-state index < -0.39 is 11.8 Å². The minimum Gasteiger partial charge on any atom is -0.478 e. The number of carboxylic acid groups (broad SMARTS) is 1. The summed E-state index contributed by atoms with van der Waals surface area (Å²) in [5, 5.41) is 17.3. The standard InChI is InChI=1S/C13H16FNO3/c1-15(4-5-16)9-11-6-10(2-3-13(17)18)7-12(14)8-11/h2-3,6-8,16H,4-5,9H2,1H3,(H,17,18). The first-order valence-corrected chi connectivity index (χ1v) is 5.51. The van der Waals surface area contributed by atoms with E-state index in [0.29, 0.717) is 18.7 Å². The summed E-state index contributed by atoms with van der Waals surface area (Å²) < 4.78 is 13.3. The Labute approximate surface area is 105 Å². The van der Waals surface area contributed by atoms with Crippen molar-refractivity contribution >= 4 is 12.0 Å². The van der Waals surface area contributed by atoms with Crippen LogP contribution >= 0.6 is 0 Å². The van der Waals surface area contributed by atoms with Gasteiger partial charge in [-0.3, -0.25) is 4.90 Å². The van der Waals surface area contributed by atoms with Crippen LogP contribution in [0.25, 0.3) is 6.08 Å². The topological polar surface area (TPSA) is 60.8 Å². The molecule has 2 N–H and O–H groups in total. The van der Waals surface area contributed by atoms with Gasteiger partial charge >= 0.3 is 5.97 Å².